The number of methoxy groups -OCH3 is 3. The van der Waals surface area contributed by atoms with Gasteiger partial charge in [0.25, 0.3) is 0 Å². The molecule has 8 heteroatoms. The van der Waals surface area contributed by atoms with Gasteiger partial charge in [-0.05, 0) is 19.1 Å². The predicted molar refractivity (Wildman–Crippen MR) is 102 cm³/mol. The molecule has 0 fully saturated rings. The Morgan fingerprint density at radius 3 is 2.33 bits per heavy atom. The Morgan fingerprint density at radius 2 is 1.74 bits per heavy atom. The molecule has 0 saturated heterocycles. The SMILES string of the molecule is COc1cc(Nc2nc(C)cc(NCc3ccco3)n2)cc(OC)c1OC. The summed E-state index contributed by atoms with van der Waals surface area (Å²) in [6, 6.07) is 9.20. The summed E-state index contributed by atoms with van der Waals surface area (Å²) in [7, 11) is 4.70. The lowest BCUT2D eigenvalue weighted by Crippen LogP contribution is -2.05. The molecule has 2 N–H and O–H groups in total. The summed E-state index contributed by atoms with van der Waals surface area (Å²) in [4.78, 5) is 8.92. The van der Waals surface area contributed by atoms with Crippen LogP contribution in [-0.2, 0) is 6.54 Å². The van der Waals surface area contributed by atoms with Crippen molar-refractivity contribution in [2.75, 3.05) is 32.0 Å². The number of aromatic nitrogens is 2. The van der Waals surface area contributed by atoms with Crippen LogP contribution in [0.2, 0.25) is 0 Å². The van der Waals surface area contributed by atoms with Crippen molar-refractivity contribution in [1.82, 2.24) is 9.97 Å². The first-order chi connectivity index (χ1) is 13.1. The number of hydrogen-bond donors (Lipinski definition) is 2. The van der Waals surface area contributed by atoms with Crippen molar-refractivity contribution < 1.29 is 18.6 Å². The van der Waals surface area contributed by atoms with Crippen LogP contribution in [0.5, 0.6) is 17.2 Å². The molecule has 2 aromatic heterocycles. The number of anilines is 3. The minimum Gasteiger partial charge on any atom is -0.493 e. The van der Waals surface area contributed by atoms with E-state index in [2.05, 4.69) is 20.6 Å². The Morgan fingerprint density at radius 1 is 1.00 bits per heavy atom. The van der Waals surface area contributed by atoms with Crippen LogP contribution in [0.3, 0.4) is 0 Å². The summed E-state index contributed by atoms with van der Waals surface area (Å²) in [6.07, 6.45) is 1.64. The molecule has 2 heterocycles. The van der Waals surface area contributed by atoms with Gasteiger partial charge >= 0.3 is 0 Å². The number of furan rings is 1. The largest absolute Gasteiger partial charge is 0.493 e. The number of rotatable bonds is 8. The van der Waals surface area contributed by atoms with Crippen LogP contribution >= 0.6 is 0 Å². The first-order valence-corrected chi connectivity index (χ1v) is 8.32. The zero-order chi connectivity index (χ0) is 19.2. The molecule has 0 spiro atoms. The topological polar surface area (TPSA) is 90.7 Å². The molecule has 0 aliphatic rings. The zero-order valence-electron chi connectivity index (χ0n) is 15.7. The number of nitrogens with zero attached hydrogens (tertiary/aromatic N) is 2. The maximum Gasteiger partial charge on any atom is 0.229 e. The Bertz CT molecular complexity index is 872. The molecule has 3 rings (SSSR count). The van der Waals surface area contributed by atoms with E-state index in [-0.39, 0.29) is 0 Å². The molecule has 0 atom stereocenters. The van der Waals surface area contributed by atoms with Crippen molar-refractivity contribution in [1.29, 1.82) is 0 Å². The summed E-state index contributed by atoms with van der Waals surface area (Å²) in [5, 5.41) is 6.40. The molecule has 8 nitrogen and oxygen atoms in total. The van der Waals surface area contributed by atoms with E-state index in [1.165, 1.54) is 0 Å². The van der Waals surface area contributed by atoms with Gasteiger partial charge in [-0.25, -0.2) is 4.98 Å². The van der Waals surface area contributed by atoms with Gasteiger partial charge < -0.3 is 29.3 Å². The molecular weight excluding hydrogens is 348 g/mol. The number of benzene rings is 1. The maximum atomic E-state index is 5.38. The van der Waals surface area contributed by atoms with Gasteiger partial charge in [-0.15, -0.1) is 0 Å². The second kappa shape index (κ2) is 8.31. The number of ether oxygens (including phenoxy) is 3. The van der Waals surface area contributed by atoms with E-state index in [1.807, 2.05) is 25.1 Å². The normalized spacial score (nSPS) is 10.4. The highest BCUT2D eigenvalue weighted by Gasteiger charge is 2.14. The van der Waals surface area contributed by atoms with Gasteiger partial charge in [-0.3, -0.25) is 0 Å². The van der Waals surface area contributed by atoms with Gasteiger partial charge in [-0.2, -0.15) is 4.98 Å². The molecule has 0 amide bonds. The Labute approximate surface area is 157 Å². The Kier molecular flexibility index (Phi) is 5.65. The van der Waals surface area contributed by atoms with E-state index in [1.54, 1.807) is 39.7 Å². The number of nitrogens with one attached hydrogen (secondary N) is 2. The van der Waals surface area contributed by atoms with Crippen LogP contribution in [0.15, 0.2) is 41.0 Å². The molecule has 27 heavy (non-hydrogen) atoms. The average Bonchev–Trinajstić information content (AvgIpc) is 3.18. The molecule has 0 unspecified atom stereocenters. The van der Waals surface area contributed by atoms with Crippen LogP contribution in [0, 0.1) is 6.92 Å². The van der Waals surface area contributed by atoms with Crippen molar-refractivity contribution in [2.45, 2.75) is 13.5 Å². The first-order valence-electron chi connectivity index (χ1n) is 8.32. The van der Waals surface area contributed by atoms with Crippen molar-refractivity contribution in [3.8, 4) is 17.2 Å². The van der Waals surface area contributed by atoms with E-state index in [9.17, 15) is 0 Å². The van der Waals surface area contributed by atoms with Crippen molar-refractivity contribution in [2.24, 2.45) is 0 Å². The molecule has 0 bridgehead atoms. The number of aryl methyl sites for hydroxylation is 1. The van der Waals surface area contributed by atoms with Crippen LogP contribution in [0.4, 0.5) is 17.5 Å². The third kappa shape index (κ3) is 4.41. The summed E-state index contributed by atoms with van der Waals surface area (Å²) in [5.41, 5.74) is 1.54. The molecule has 0 saturated carbocycles. The van der Waals surface area contributed by atoms with E-state index < -0.39 is 0 Å². The fourth-order valence-corrected chi connectivity index (χ4v) is 2.59. The quantitative estimate of drug-likeness (QED) is 0.619. The lowest BCUT2D eigenvalue weighted by molar-refractivity contribution is 0.324. The predicted octanol–water partition coefficient (Wildman–Crippen LogP) is 3.76. The molecule has 1 aromatic carbocycles. The summed E-state index contributed by atoms with van der Waals surface area (Å²) < 4.78 is 21.4. The molecule has 142 valence electrons. The van der Waals surface area contributed by atoms with E-state index in [0.29, 0.717) is 41.2 Å². The molecule has 3 aromatic rings. The van der Waals surface area contributed by atoms with E-state index in [4.69, 9.17) is 18.6 Å². The summed E-state index contributed by atoms with van der Waals surface area (Å²) in [5.74, 6) is 3.58. The van der Waals surface area contributed by atoms with Crippen LogP contribution < -0.4 is 24.8 Å². The Balaban J connectivity index is 1.82. The van der Waals surface area contributed by atoms with Crippen LogP contribution in [0.25, 0.3) is 0 Å². The first kappa shape index (κ1) is 18.4. The minimum atomic E-state index is 0.450. The lowest BCUT2D eigenvalue weighted by Gasteiger charge is -2.15. The molecule has 0 radical (unpaired) electrons. The van der Waals surface area contributed by atoms with Crippen molar-refractivity contribution in [3.05, 3.63) is 48.0 Å². The monoisotopic (exact) mass is 370 g/mol. The number of hydrogen-bond acceptors (Lipinski definition) is 8. The highest BCUT2D eigenvalue weighted by molar-refractivity contribution is 5.66. The van der Waals surface area contributed by atoms with Gasteiger partial charge in [0.05, 0.1) is 34.1 Å². The second-order valence-electron chi connectivity index (χ2n) is 5.69. The van der Waals surface area contributed by atoms with E-state index >= 15 is 0 Å². The Hall–Kier alpha value is -3.42. The van der Waals surface area contributed by atoms with Gasteiger partial charge in [-0.1, -0.05) is 0 Å². The highest BCUT2D eigenvalue weighted by Crippen LogP contribution is 2.40. The van der Waals surface area contributed by atoms with Crippen molar-refractivity contribution in [3.63, 3.8) is 0 Å². The highest BCUT2D eigenvalue weighted by atomic mass is 16.5. The second-order valence-corrected chi connectivity index (χ2v) is 5.69. The van der Waals surface area contributed by atoms with Gasteiger partial charge in [0.2, 0.25) is 11.7 Å². The summed E-state index contributed by atoms with van der Waals surface area (Å²) in [6.45, 7) is 2.44. The zero-order valence-corrected chi connectivity index (χ0v) is 15.7. The standard InChI is InChI=1S/C19H22N4O4/c1-12-8-17(20-11-14-6-5-7-27-14)23-19(21-12)22-13-9-15(24-2)18(26-4)16(10-13)25-3/h5-10H,11H2,1-4H3,(H2,20,21,22,23). The average molecular weight is 370 g/mol. The lowest BCUT2D eigenvalue weighted by atomic mass is 10.2. The molecule has 0 aliphatic carbocycles. The maximum absolute atomic E-state index is 5.38. The van der Waals surface area contributed by atoms with Gasteiger partial charge in [0.1, 0.15) is 11.6 Å². The molecular formula is C19H22N4O4. The third-order valence-corrected chi connectivity index (χ3v) is 3.80. The van der Waals surface area contributed by atoms with Gasteiger partial charge in [0.15, 0.2) is 11.5 Å². The third-order valence-electron chi connectivity index (χ3n) is 3.80. The fourth-order valence-electron chi connectivity index (χ4n) is 2.59. The minimum absolute atomic E-state index is 0.450. The van der Waals surface area contributed by atoms with Crippen molar-refractivity contribution >= 4 is 17.5 Å². The van der Waals surface area contributed by atoms with Crippen LogP contribution in [-0.4, -0.2) is 31.3 Å². The summed E-state index contributed by atoms with van der Waals surface area (Å²) >= 11 is 0. The molecule has 0 aliphatic heterocycles. The van der Waals surface area contributed by atoms with Crippen LogP contribution in [0.1, 0.15) is 11.5 Å². The van der Waals surface area contributed by atoms with E-state index in [0.717, 1.165) is 11.5 Å². The fraction of sp³-hybridized carbons (Fsp3) is 0.263. The van der Waals surface area contributed by atoms with Gasteiger partial charge in [0, 0.05) is 29.6 Å². The smallest absolute Gasteiger partial charge is 0.229 e.